The van der Waals surface area contributed by atoms with Gasteiger partial charge in [0.2, 0.25) is 11.8 Å². The van der Waals surface area contributed by atoms with Gasteiger partial charge in [-0.3, -0.25) is 0 Å². The first-order chi connectivity index (χ1) is 11.6. The van der Waals surface area contributed by atoms with E-state index in [4.69, 9.17) is 4.42 Å². The van der Waals surface area contributed by atoms with Crippen LogP contribution in [0, 0.1) is 18.7 Å². The van der Waals surface area contributed by atoms with Crippen molar-refractivity contribution < 1.29 is 8.81 Å². The molecular weight excluding hydrogens is 371 g/mol. The molecule has 0 radical (unpaired) electrons. The van der Waals surface area contributed by atoms with Gasteiger partial charge < -0.3 is 4.42 Å². The van der Waals surface area contributed by atoms with Crippen LogP contribution in [0.15, 0.2) is 33.2 Å². The molecule has 2 aliphatic rings. The molecule has 24 heavy (non-hydrogen) atoms. The van der Waals surface area contributed by atoms with E-state index in [0.717, 1.165) is 41.1 Å². The molecule has 1 aromatic carbocycles. The van der Waals surface area contributed by atoms with Gasteiger partial charge in [0.15, 0.2) is 0 Å². The van der Waals surface area contributed by atoms with Gasteiger partial charge in [0.25, 0.3) is 0 Å². The Labute approximate surface area is 149 Å². The minimum atomic E-state index is -0.123. The van der Waals surface area contributed by atoms with Crippen molar-refractivity contribution in [1.29, 1.82) is 0 Å². The first-order valence-electron chi connectivity index (χ1n) is 8.55. The second kappa shape index (κ2) is 6.43. The lowest BCUT2D eigenvalue weighted by Crippen LogP contribution is -2.13. The Morgan fingerprint density at radius 3 is 2.67 bits per heavy atom. The zero-order chi connectivity index (χ0) is 16.7. The van der Waals surface area contributed by atoms with Crippen LogP contribution in [-0.4, -0.2) is 10.2 Å². The van der Waals surface area contributed by atoms with Gasteiger partial charge in [-0.2, -0.15) is 0 Å². The van der Waals surface area contributed by atoms with Crippen LogP contribution >= 0.6 is 15.9 Å². The van der Waals surface area contributed by atoms with Crippen molar-refractivity contribution >= 4 is 15.9 Å². The molecule has 126 valence electrons. The van der Waals surface area contributed by atoms with Gasteiger partial charge in [-0.1, -0.05) is 34.1 Å². The maximum absolute atomic E-state index is 13.7. The van der Waals surface area contributed by atoms with Crippen LogP contribution < -0.4 is 0 Å². The Morgan fingerprint density at radius 1 is 1.17 bits per heavy atom. The number of allylic oxidation sites excluding steroid dienone is 2. The summed E-state index contributed by atoms with van der Waals surface area (Å²) in [6.07, 6.45) is 7.43. The Kier molecular flexibility index (Phi) is 4.29. The van der Waals surface area contributed by atoms with Crippen LogP contribution in [0.3, 0.4) is 0 Å². The molecule has 1 heterocycles. The van der Waals surface area contributed by atoms with E-state index in [1.807, 2.05) is 12.1 Å². The Morgan fingerprint density at radius 2 is 1.96 bits per heavy atom. The van der Waals surface area contributed by atoms with Crippen LogP contribution in [0.25, 0.3) is 0 Å². The van der Waals surface area contributed by atoms with Crippen molar-refractivity contribution in [2.45, 2.75) is 50.9 Å². The molecule has 2 atom stereocenters. The standard InChI is InChI=1S/C19H20BrFN2O/c1-11-2-3-13(10-17(11)21)8-12-4-7-15(16(20)9-12)19-23-22-18(24-19)14-5-6-14/h2-3,9-10,12,14-15H,4-8H2,1H3. The van der Waals surface area contributed by atoms with Gasteiger partial charge in [-0.25, -0.2) is 4.39 Å². The number of hydrogen-bond donors (Lipinski definition) is 0. The molecule has 2 unspecified atom stereocenters. The maximum atomic E-state index is 13.7. The van der Waals surface area contributed by atoms with Gasteiger partial charge in [0.05, 0.1) is 5.92 Å². The van der Waals surface area contributed by atoms with Crippen molar-refractivity contribution in [2.75, 3.05) is 0 Å². The lowest BCUT2D eigenvalue weighted by Gasteiger charge is -2.24. The molecule has 1 aromatic heterocycles. The highest BCUT2D eigenvalue weighted by Crippen LogP contribution is 2.43. The van der Waals surface area contributed by atoms with Crippen LogP contribution in [0.5, 0.6) is 0 Å². The fraction of sp³-hybridized carbons (Fsp3) is 0.474. The largest absolute Gasteiger partial charge is 0.424 e. The molecular formula is C19H20BrFN2O. The third-order valence-electron chi connectivity index (χ3n) is 4.97. The molecule has 2 aliphatic carbocycles. The molecule has 5 heteroatoms. The number of aromatic nitrogens is 2. The topological polar surface area (TPSA) is 38.9 Å². The van der Waals surface area contributed by atoms with E-state index in [1.165, 1.54) is 12.8 Å². The highest BCUT2D eigenvalue weighted by Gasteiger charge is 2.32. The third kappa shape index (κ3) is 3.32. The number of halogens is 2. The number of aryl methyl sites for hydroxylation is 1. The first kappa shape index (κ1) is 16.0. The van der Waals surface area contributed by atoms with E-state index in [2.05, 4.69) is 32.2 Å². The molecule has 0 aliphatic heterocycles. The second-order valence-electron chi connectivity index (χ2n) is 6.98. The van der Waals surface area contributed by atoms with Crippen LogP contribution in [0.4, 0.5) is 4.39 Å². The Hall–Kier alpha value is -1.49. The summed E-state index contributed by atoms with van der Waals surface area (Å²) >= 11 is 3.69. The van der Waals surface area contributed by atoms with Gasteiger partial charge in [0, 0.05) is 10.4 Å². The fourth-order valence-electron chi connectivity index (χ4n) is 3.29. The van der Waals surface area contributed by atoms with Gasteiger partial charge in [-0.05, 0) is 62.1 Å². The molecule has 1 saturated carbocycles. The van der Waals surface area contributed by atoms with E-state index >= 15 is 0 Å². The summed E-state index contributed by atoms with van der Waals surface area (Å²) in [7, 11) is 0. The summed E-state index contributed by atoms with van der Waals surface area (Å²) in [5.41, 5.74) is 1.74. The summed E-state index contributed by atoms with van der Waals surface area (Å²) in [5.74, 6) is 2.45. The first-order valence-corrected chi connectivity index (χ1v) is 9.35. The third-order valence-corrected chi connectivity index (χ3v) is 5.79. The van der Waals surface area contributed by atoms with E-state index in [9.17, 15) is 4.39 Å². The lowest BCUT2D eigenvalue weighted by molar-refractivity contribution is 0.402. The average molecular weight is 391 g/mol. The zero-order valence-corrected chi connectivity index (χ0v) is 15.2. The monoisotopic (exact) mass is 390 g/mol. The number of rotatable bonds is 4. The second-order valence-corrected chi connectivity index (χ2v) is 7.90. The zero-order valence-electron chi connectivity index (χ0n) is 13.6. The van der Waals surface area contributed by atoms with Crippen LogP contribution in [-0.2, 0) is 6.42 Å². The van der Waals surface area contributed by atoms with Gasteiger partial charge >= 0.3 is 0 Å². The lowest BCUT2D eigenvalue weighted by atomic mass is 9.85. The molecule has 0 spiro atoms. The minimum Gasteiger partial charge on any atom is -0.424 e. The van der Waals surface area contributed by atoms with Crippen LogP contribution in [0.1, 0.15) is 60.4 Å². The van der Waals surface area contributed by atoms with Crippen molar-refractivity contribution in [2.24, 2.45) is 5.92 Å². The Balaban J connectivity index is 1.46. The molecule has 1 fully saturated rings. The Bertz CT molecular complexity index is 781. The molecule has 2 aromatic rings. The van der Waals surface area contributed by atoms with E-state index in [-0.39, 0.29) is 11.7 Å². The van der Waals surface area contributed by atoms with Gasteiger partial charge in [0.1, 0.15) is 5.82 Å². The van der Waals surface area contributed by atoms with E-state index in [0.29, 0.717) is 17.4 Å². The average Bonchev–Trinajstić information content (AvgIpc) is 3.29. The summed E-state index contributed by atoms with van der Waals surface area (Å²) in [5, 5.41) is 8.43. The fourth-order valence-corrected chi connectivity index (χ4v) is 4.09. The number of nitrogens with zero attached hydrogens (tertiary/aromatic N) is 2. The molecule has 0 bridgehead atoms. The molecule has 4 rings (SSSR count). The van der Waals surface area contributed by atoms with E-state index in [1.54, 1.807) is 13.0 Å². The summed E-state index contributed by atoms with van der Waals surface area (Å²) in [6.45, 7) is 1.79. The maximum Gasteiger partial charge on any atom is 0.224 e. The number of benzene rings is 1. The smallest absolute Gasteiger partial charge is 0.224 e. The normalized spacial score (nSPS) is 24.0. The van der Waals surface area contributed by atoms with E-state index < -0.39 is 0 Å². The number of hydrogen-bond acceptors (Lipinski definition) is 3. The molecule has 0 amide bonds. The van der Waals surface area contributed by atoms with Crippen molar-refractivity contribution in [1.82, 2.24) is 10.2 Å². The van der Waals surface area contributed by atoms with Crippen LogP contribution in [0.2, 0.25) is 0 Å². The van der Waals surface area contributed by atoms with Gasteiger partial charge in [-0.15, -0.1) is 10.2 Å². The van der Waals surface area contributed by atoms with Crippen molar-refractivity contribution in [3.05, 3.63) is 57.5 Å². The molecule has 0 N–H and O–H groups in total. The predicted molar refractivity (Wildman–Crippen MR) is 93.6 cm³/mol. The summed E-state index contributed by atoms with van der Waals surface area (Å²) in [6, 6.07) is 5.53. The molecule has 0 saturated heterocycles. The highest BCUT2D eigenvalue weighted by molar-refractivity contribution is 9.11. The SMILES string of the molecule is Cc1ccc(CC2C=C(Br)C(c3nnc(C4CC4)o3)CC2)cc1F. The highest BCUT2D eigenvalue weighted by atomic mass is 79.9. The predicted octanol–water partition coefficient (Wildman–Crippen LogP) is 5.41. The summed E-state index contributed by atoms with van der Waals surface area (Å²) in [4.78, 5) is 0. The van der Waals surface area contributed by atoms with Crippen molar-refractivity contribution in [3.8, 4) is 0 Å². The summed E-state index contributed by atoms with van der Waals surface area (Å²) < 4.78 is 20.7. The minimum absolute atomic E-state index is 0.123. The molecule has 3 nitrogen and oxygen atoms in total. The quantitative estimate of drug-likeness (QED) is 0.700. The van der Waals surface area contributed by atoms with Crippen molar-refractivity contribution in [3.63, 3.8) is 0 Å².